The highest BCUT2D eigenvalue weighted by molar-refractivity contribution is 7.96. The highest BCUT2D eigenvalue weighted by atomic mass is 32.1. The Morgan fingerprint density at radius 3 is 1.72 bits per heavy atom. The second-order valence-electron chi connectivity index (χ2n) is 8.28. The number of aliphatic carboxylic acids is 2. The highest BCUT2D eigenvalue weighted by Crippen LogP contribution is 2.10. The van der Waals surface area contributed by atoms with Crippen molar-refractivity contribution in [2.75, 3.05) is 0 Å². The Morgan fingerprint density at radius 2 is 1.31 bits per heavy atom. The fourth-order valence-corrected chi connectivity index (χ4v) is 3.17. The number of thiol groups is 1. The first-order valence-corrected chi connectivity index (χ1v) is 11.6. The van der Waals surface area contributed by atoms with Gasteiger partial charge >= 0.3 is 11.9 Å². The molecule has 204 valence electrons. The smallest absolute Gasteiger partial charge is 0.305 e. The number of hydrogen-bond acceptors (Lipinski definition) is 8. The summed E-state index contributed by atoms with van der Waals surface area (Å²) in [7, 11) is 0. The lowest BCUT2D eigenvalue weighted by Gasteiger charge is -2.28. The quantitative estimate of drug-likeness (QED) is 0.103. The molecule has 0 fully saturated rings. The molecule has 36 heavy (non-hydrogen) atoms. The van der Waals surface area contributed by atoms with Gasteiger partial charge in [0.15, 0.2) is 0 Å². The number of aliphatic hydroxyl groups excluding tert-OH is 1. The maximum absolute atomic E-state index is 12.9. The monoisotopic (exact) mass is 534 g/mol. The van der Waals surface area contributed by atoms with Gasteiger partial charge in [0, 0.05) is 13.3 Å². The van der Waals surface area contributed by atoms with Crippen LogP contribution in [-0.2, 0) is 33.6 Å². The van der Waals surface area contributed by atoms with Gasteiger partial charge in [-0.05, 0) is 19.3 Å². The lowest BCUT2D eigenvalue weighted by atomic mass is 9.97. The van der Waals surface area contributed by atoms with E-state index < -0.39 is 83.8 Å². The van der Waals surface area contributed by atoms with Crippen LogP contribution in [0.3, 0.4) is 0 Å². The van der Waals surface area contributed by atoms with E-state index in [0.717, 1.165) is 6.92 Å². The van der Waals surface area contributed by atoms with Crippen molar-refractivity contribution in [1.82, 2.24) is 21.3 Å². The average Bonchev–Trinajstić information content (AvgIpc) is 2.76. The molecule has 0 aliphatic rings. The van der Waals surface area contributed by atoms with E-state index in [9.17, 15) is 38.7 Å². The van der Waals surface area contributed by atoms with Crippen LogP contribution in [-0.4, -0.2) is 86.3 Å². The first-order chi connectivity index (χ1) is 16.6. The SMILES string of the molecule is CC[C@H](C)[C@H](NC(C)=O)C(=O)N[C@@H](CCC(=O)O)C(=O)N[C@H](C(=O)N[C@@H](CC(=O)O)C(=O)S)[C@@H](C)O. The zero-order valence-electron chi connectivity index (χ0n) is 20.4. The second kappa shape index (κ2) is 15.7. The molecule has 0 aliphatic carbocycles. The molecule has 7 N–H and O–H groups in total. The average molecular weight is 535 g/mol. The van der Waals surface area contributed by atoms with Crippen LogP contribution in [0.1, 0.15) is 53.4 Å². The summed E-state index contributed by atoms with van der Waals surface area (Å²) >= 11 is 3.52. The van der Waals surface area contributed by atoms with Gasteiger partial charge in [0.1, 0.15) is 24.2 Å². The summed E-state index contributed by atoms with van der Waals surface area (Å²) in [6.07, 6.45) is -2.75. The van der Waals surface area contributed by atoms with Crippen molar-refractivity contribution in [2.45, 2.75) is 83.6 Å². The number of rotatable bonds is 16. The summed E-state index contributed by atoms with van der Waals surface area (Å²) < 4.78 is 0. The predicted octanol–water partition coefficient (Wildman–Crippen LogP) is -1.83. The lowest BCUT2D eigenvalue weighted by molar-refractivity contribution is -0.141. The van der Waals surface area contributed by atoms with Crippen molar-refractivity contribution in [3.8, 4) is 0 Å². The number of carbonyl (C=O) groups is 7. The Kier molecular flexibility index (Phi) is 14.3. The Bertz CT molecular complexity index is 851. The number of nitrogens with one attached hydrogen (secondary N) is 4. The van der Waals surface area contributed by atoms with E-state index in [4.69, 9.17) is 10.2 Å². The maximum Gasteiger partial charge on any atom is 0.305 e. The summed E-state index contributed by atoms with van der Waals surface area (Å²) in [6, 6.07) is -5.73. The van der Waals surface area contributed by atoms with Crippen molar-refractivity contribution in [1.29, 1.82) is 0 Å². The van der Waals surface area contributed by atoms with Crippen molar-refractivity contribution >= 4 is 53.3 Å². The van der Waals surface area contributed by atoms with Gasteiger partial charge in [-0.15, -0.1) is 12.6 Å². The first-order valence-electron chi connectivity index (χ1n) is 11.1. The van der Waals surface area contributed by atoms with Crippen LogP contribution < -0.4 is 21.3 Å². The Hall–Kier alpha value is -3.20. The van der Waals surface area contributed by atoms with Gasteiger partial charge < -0.3 is 36.6 Å². The molecule has 4 amide bonds. The second-order valence-corrected chi connectivity index (χ2v) is 8.72. The summed E-state index contributed by atoms with van der Waals surface area (Å²) in [4.78, 5) is 83.4. The summed E-state index contributed by atoms with van der Waals surface area (Å²) in [6.45, 7) is 5.81. The van der Waals surface area contributed by atoms with Crippen molar-refractivity contribution in [2.24, 2.45) is 5.92 Å². The highest BCUT2D eigenvalue weighted by Gasteiger charge is 2.34. The molecule has 0 aromatic heterocycles. The van der Waals surface area contributed by atoms with Gasteiger partial charge in [-0.1, -0.05) is 20.3 Å². The van der Waals surface area contributed by atoms with Gasteiger partial charge in [0.2, 0.25) is 28.7 Å². The molecule has 14 nitrogen and oxygen atoms in total. The molecule has 0 spiro atoms. The summed E-state index contributed by atoms with van der Waals surface area (Å²) in [5, 5.41) is 36.1. The Balaban J connectivity index is 5.76. The van der Waals surface area contributed by atoms with E-state index in [2.05, 4.69) is 33.9 Å². The summed E-state index contributed by atoms with van der Waals surface area (Å²) in [5.41, 5.74) is 0. The molecule has 0 aliphatic heterocycles. The molecular formula is C21H34N4O10S. The molecule has 0 bridgehead atoms. The van der Waals surface area contributed by atoms with Gasteiger partial charge in [-0.25, -0.2) is 0 Å². The van der Waals surface area contributed by atoms with Crippen molar-refractivity contribution in [3.63, 3.8) is 0 Å². The molecule has 15 heteroatoms. The molecule has 0 radical (unpaired) electrons. The zero-order valence-corrected chi connectivity index (χ0v) is 21.3. The normalized spacial score (nSPS) is 15.7. The van der Waals surface area contributed by atoms with Crippen LogP contribution in [0.5, 0.6) is 0 Å². The van der Waals surface area contributed by atoms with Gasteiger partial charge in [0.05, 0.1) is 12.5 Å². The van der Waals surface area contributed by atoms with E-state index in [1.807, 2.05) is 0 Å². The molecule has 0 saturated carbocycles. The predicted molar refractivity (Wildman–Crippen MR) is 128 cm³/mol. The first kappa shape index (κ1) is 32.8. The largest absolute Gasteiger partial charge is 0.481 e. The maximum atomic E-state index is 12.9. The van der Waals surface area contributed by atoms with Crippen LogP contribution in [0, 0.1) is 5.92 Å². The van der Waals surface area contributed by atoms with E-state index in [0.29, 0.717) is 6.42 Å². The van der Waals surface area contributed by atoms with Crippen LogP contribution in [0.2, 0.25) is 0 Å². The minimum Gasteiger partial charge on any atom is -0.481 e. The third-order valence-corrected chi connectivity index (χ3v) is 5.50. The molecule has 0 rings (SSSR count). The van der Waals surface area contributed by atoms with E-state index in [1.54, 1.807) is 13.8 Å². The topological polar surface area (TPSA) is 228 Å². The Morgan fingerprint density at radius 1 is 0.778 bits per heavy atom. The Labute approximate surface area is 213 Å². The van der Waals surface area contributed by atoms with E-state index >= 15 is 0 Å². The third kappa shape index (κ3) is 12.0. The van der Waals surface area contributed by atoms with E-state index in [-0.39, 0.29) is 12.3 Å². The van der Waals surface area contributed by atoms with Gasteiger partial charge in [0.25, 0.3) is 0 Å². The molecule has 0 heterocycles. The fraction of sp³-hybridized carbons (Fsp3) is 0.667. The third-order valence-electron chi connectivity index (χ3n) is 5.19. The zero-order chi connectivity index (χ0) is 28.2. The molecule has 0 unspecified atom stereocenters. The van der Waals surface area contributed by atoms with Gasteiger partial charge in [-0.2, -0.15) is 0 Å². The van der Waals surface area contributed by atoms with Crippen LogP contribution in [0.15, 0.2) is 0 Å². The fourth-order valence-electron chi connectivity index (χ4n) is 3.01. The minimum absolute atomic E-state index is 0.335. The number of aliphatic hydroxyl groups is 1. The number of carboxylic acid groups (broad SMARTS) is 2. The van der Waals surface area contributed by atoms with Crippen molar-refractivity contribution < 1.29 is 48.9 Å². The minimum atomic E-state index is -1.69. The van der Waals surface area contributed by atoms with Crippen LogP contribution in [0.4, 0.5) is 0 Å². The number of carbonyl (C=O) groups excluding carboxylic acids is 5. The summed E-state index contributed by atoms with van der Waals surface area (Å²) in [5.74, 6) is -6.40. The van der Waals surface area contributed by atoms with Crippen LogP contribution in [0.25, 0.3) is 0 Å². The van der Waals surface area contributed by atoms with Gasteiger partial charge in [-0.3, -0.25) is 33.6 Å². The number of amides is 4. The molecule has 6 atom stereocenters. The standard InChI is InChI=1S/C21H34N4O10S/c1-5-9(2)16(22-11(4)27)19(33)23-12(6-7-14(28)29)18(32)25-17(10(3)26)20(34)24-13(21(35)36)8-15(30)31/h9-10,12-13,16-17,26H,5-8H2,1-4H3,(H,22,27)(H,23,33)(H,24,34)(H,25,32)(H,28,29)(H,30,31)(H,35,36)/t9-,10+,12-,13-,16-,17-/m0/s1. The molecule has 0 aromatic carbocycles. The number of carboxylic acids is 2. The molecule has 0 saturated heterocycles. The molecule has 0 aromatic rings. The van der Waals surface area contributed by atoms with Crippen molar-refractivity contribution in [3.05, 3.63) is 0 Å². The lowest BCUT2D eigenvalue weighted by Crippen LogP contribution is -2.60. The number of hydrogen-bond donors (Lipinski definition) is 8. The molecular weight excluding hydrogens is 500 g/mol. The van der Waals surface area contributed by atoms with Crippen LogP contribution >= 0.6 is 12.6 Å². The van der Waals surface area contributed by atoms with E-state index in [1.165, 1.54) is 6.92 Å².